The van der Waals surface area contributed by atoms with Crippen molar-refractivity contribution in [2.75, 3.05) is 0 Å². The van der Waals surface area contributed by atoms with E-state index in [0.29, 0.717) is 0 Å². The van der Waals surface area contributed by atoms with Gasteiger partial charge in [0.1, 0.15) is 0 Å². The van der Waals surface area contributed by atoms with Gasteiger partial charge in [-0.15, -0.1) is 6.58 Å². The summed E-state index contributed by atoms with van der Waals surface area (Å²) in [5, 5.41) is 10.8. The molecule has 11 heavy (non-hydrogen) atoms. The van der Waals surface area contributed by atoms with Crippen LogP contribution in [-0.2, 0) is 9.59 Å². The van der Waals surface area contributed by atoms with E-state index in [1.165, 1.54) is 0 Å². The minimum Gasteiger partial charge on any atom is -0.222 e. The quantitative estimate of drug-likeness (QED) is 0.323. The maximum atomic E-state index is 8.35. The van der Waals surface area contributed by atoms with Gasteiger partial charge >= 0.3 is 0 Å². The Hall–Kier alpha value is -1.50. The van der Waals surface area contributed by atoms with Crippen molar-refractivity contribution in [3.8, 4) is 0 Å². The third kappa shape index (κ3) is 160. The van der Waals surface area contributed by atoms with E-state index < -0.39 is 0 Å². The highest BCUT2D eigenvalue weighted by molar-refractivity contribution is 5.26. The lowest BCUT2D eigenvalue weighted by molar-refractivity contribution is 0.562. The van der Waals surface area contributed by atoms with Crippen LogP contribution >= 0.6 is 0 Å². The fourth-order valence-corrected chi connectivity index (χ4v) is 0. The topological polar surface area (TPSA) is 81.8 Å². The Morgan fingerprint density at radius 3 is 1.18 bits per heavy atom. The largest absolute Gasteiger partial charge is 0.231 e. The molecule has 0 aromatic rings. The lowest BCUT2D eigenvalue weighted by Crippen LogP contribution is -1.16. The van der Waals surface area contributed by atoms with E-state index in [4.69, 9.17) is 20.4 Å². The summed E-state index contributed by atoms with van der Waals surface area (Å²) >= 11 is 0. The summed E-state index contributed by atoms with van der Waals surface area (Å²) in [4.78, 5) is 16.7. The van der Waals surface area contributed by atoms with Crippen molar-refractivity contribution in [1.82, 2.24) is 0 Å². The molecule has 66 valence electrons. The number of allylic oxidation sites excluding steroid dienone is 1. The Kier molecular flexibility index (Phi) is 655. The van der Waals surface area contributed by atoms with E-state index in [1.807, 2.05) is 6.92 Å². The minimum atomic E-state index is 0. The van der Waals surface area contributed by atoms with E-state index in [0.717, 1.165) is 12.2 Å². The van der Waals surface area contributed by atoms with Gasteiger partial charge in [0.15, 0.2) is 0 Å². The van der Waals surface area contributed by atoms with E-state index in [2.05, 4.69) is 6.58 Å². The second-order valence-corrected chi connectivity index (χ2v) is 0.612. The number of isocyanates is 2. The van der Waals surface area contributed by atoms with Gasteiger partial charge in [-0.05, 0) is 6.92 Å². The molecule has 4 nitrogen and oxygen atoms in total. The molecule has 0 radical (unpaired) electrons. The van der Waals surface area contributed by atoms with Crippen LogP contribution in [0, 0.1) is 10.8 Å². The highest BCUT2D eigenvalue weighted by Gasteiger charge is 1.15. The van der Waals surface area contributed by atoms with Crippen molar-refractivity contribution < 1.29 is 9.59 Å². The third-order valence-corrected chi connectivity index (χ3v) is 0. The average molecular weight is 160 g/mol. The fourth-order valence-electron chi connectivity index (χ4n) is 0. The molecule has 0 aromatic carbocycles. The first kappa shape index (κ1) is 33.9. The summed E-state index contributed by atoms with van der Waals surface area (Å²) in [6.07, 6.45) is 3.25. The second kappa shape index (κ2) is 212. The predicted octanol–water partition coefficient (Wildman–Crippen LogP) is 2.27. The van der Waals surface area contributed by atoms with Crippen LogP contribution in [0.5, 0.6) is 0 Å². The van der Waals surface area contributed by atoms with Crippen LogP contribution in [0.2, 0.25) is 0 Å². The Morgan fingerprint density at radius 1 is 1.18 bits per heavy atom. The van der Waals surface area contributed by atoms with Gasteiger partial charge in [-0.25, -0.2) is 20.4 Å². The Bertz CT molecular complexity index is 97.6. The van der Waals surface area contributed by atoms with E-state index in [9.17, 15) is 0 Å². The molecule has 0 heterocycles. The second-order valence-electron chi connectivity index (χ2n) is 0.612. The molecule has 0 unspecified atom stereocenters. The average Bonchev–Trinajstić information content (AvgIpc) is 1.70. The van der Waals surface area contributed by atoms with Crippen molar-refractivity contribution in [1.29, 1.82) is 10.8 Å². The zero-order valence-corrected chi connectivity index (χ0v) is 5.10. The molecule has 0 aliphatic carbocycles. The number of hydrogen-bond acceptors (Lipinski definition) is 4. The van der Waals surface area contributed by atoms with Gasteiger partial charge in [0.2, 0.25) is 12.2 Å². The molecule has 0 aliphatic rings. The molecule has 0 saturated heterocycles. The standard InChI is InChI=1S/C3H6.2CHNO.2CH4/c1-3-2;2*2-1-3;;/h3H,1H2,2H3;2*2H;2*1H4. The van der Waals surface area contributed by atoms with Gasteiger partial charge in [-0.3, -0.25) is 0 Å². The number of carbonyl (C=O) groups excluding carboxylic acids is 2. The van der Waals surface area contributed by atoms with Crippen molar-refractivity contribution in [2.45, 2.75) is 21.8 Å². The predicted molar refractivity (Wildman–Crippen MR) is 46.2 cm³/mol. The van der Waals surface area contributed by atoms with Crippen LogP contribution in [0.15, 0.2) is 12.7 Å². The molecule has 0 amide bonds. The molecule has 0 aliphatic heterocycles. The van der Waals surface area contributed by atoms with Crippen LogP contribution in [0.1, 0.15) is 21.8 Å². The summed E-state index contributed by atoms with van der Waals surface area (Å²) < 4.78 is 0. The van der Waals surface area contributed by atoms with Gasteiger partial charge < -0.3 is 0 Å². The van der Waals surface area contributed by atoms with Gasteiger partial charge in [0, 0.05) is 0 Å². The van der Waals surface area contributed by atoms with Gasteiger partial charge in [0.05, 0.1) is 0 Å². The molecule has 0 fully saturated rings. The van der Waals surface area contributed by atoms with Crippen LogP contribution in [0.3, 0.4) is 0 Å². The highest BCUT2D eigenvalue weighted by atomic mass is 16.1. The SMILES string of the molecule is C.C.C=CC.N=C=O.N=C=O. The van der Waals surface area contributed by atoms with Crippen molar-refractivity contribution >= 4 is 12.2 Å². The first-order valence-corrected chi connectivity index (χ1v) is 1.89. The Morgan fingerprint density at radius 2 is 1.18 bits per heavy atom. The molecule has 0 bridgehead atoms. The molecule has 0 spiro atoms. The summed E-state index contributed by atoms with van der Waals surface area (Å²) in [7, 11) is 0. The first-order valence-electron chi connectivity index (χ1n) is 1.89. The lowest BCUT2D eigenvalue weighted by Gasteiger charge is -1.31. The van der Waals surface area contributed by atoms with Crippen LogP contribution in [-0.4, -0.2) is 12.2 Å². The van der Waals surface area contributed by atoms with Gasteiger partial charge in [-0.2, -0.15) is 0 Å². The van der Waals surface area contributed by atoms with Crippen LogP contribution in [0.4, 0.5) is 0 Å². The molecule has 0 saturated carbocycles. The van der Waals surface area contributed by atoms with Gasteiger partial charge in [0.25, 0.3) is 0 Å². The molecular weight excluding hydrogens is 144 g/mol. The molecule has 2 N–H and O–H groups in total. The van der Waals surface area contributed by atoms with Gasteiger partial charge in [-0.1, -0.05) is 20.9 Å². The fraction of sp³-hybridized carbons (Fsp3) is 0.429. The Labute approximate surface area is 68.0 Å². The summed E-state index contributed by atoms with van der Waals surface area (Å²) in [6, 6.07) is 0. The molecule has 4 heteroatoms. The summed E-state index contributed by atoms with van der Waals surface area (Å²) in [5.41, 5.74) is 0. The molecule has 0 aromatic heterocycles. The van der Waals surface area contributed by atoms with E-state index in [1.54, 1.807) is 6.08 Å². The number of nitrogens with one attached hydrogen (secondary N) is 2. The normalized spacial score (nSPS) is 2.64. The van der Waals surface area contributed by atoms with Crippen LogP contribution < -0.4 is 0 Å². The molecule has 0 atom stereocenters. The maximum absolute atomic E-state index is 8.35. The zero-order chi connectivity index (χ0) is 8.12. The Balaban J connectivity index is -0.0000000150. The zero-order valence-electron chi connectivity index (χ0n) is 5.10. The van der Waals surface area contributed by atoms with E-state index in [-0.39, 0.29) is 14.9 Å². The highest BCUT2D eigenvalue weighted by Crippen LogP contribution is 1.38. The first-order chi connectivity index (χ1) is 4.24. The van der Waals surface area contributed by atoms with Crippen molar-refractivity contribution in [3.63, 3.8) is 0 Å². The molecular formula is C7H16N2O2. The maximum Gasteiger partial charge on any atom is 0.231 e. The third-order valence-electron chi connectivity index (χ3n) is 0. The molecule has 0 rings (SSSR count). The van der Waals surface area contributed by atoms with Crippen molar-refractivity contribution in [2.24, 2.45) is 0 Å². The minimum absolute atomic E-state index is 0. The van der Waals surface area contributed by atoms with Crippen LogP contribution in [0.25, 0.3) is 0 Å². The smallest absolute Gasteiger partial charge is 0.222 e. The monoisotopic (exact) mass is 160 g/mol. The van der Waals surface area contributed by atoms with Crippen molar-refractivity contribution in [3.05, 3.63) is 12.7 Å². The lowest BCUT2D eigenvalue weighted by atomic mass is 10.8. The number of rotatable bonds is 0. The summed E-state index contributed by atoms with van der Waals surface area (Å²) in [6.45, 7) is 5.25. The van der Waals surface area contributed by atoms with E-state index >= 15 is 0 Å². The number of hydrogen-bond donors (Lipinski definition) is 2. The summed E-state index contributed by atoms with van der Waals surface area (Å²) in [5.74, 6) is 0.